The van der Waals surface area contributed by atoms with E-state index in [0.29, 0.717) is 6.54 Å². The minimum absolute atomic E-state index is 0.117. The van der Waals surface area contributed by atoms with Crippen LogP contribution in [0.15, 0.2) is 66.7 Å². The molecule has 1 saturated heterocycles. The van der Waals surface area contributed by atoms with Crippen LogP contribution in [-0.4, -0.2) is 44.3 Å². The van der Waals surface area contributed by atoms with Crippen LogP contribution >= 0.6 is 0 Å². The predicted octanol–water partition coefficient (Wildman–Crippen LogP) is 4.34. The molecule has 144 valence electrons. The zero-order chi connectivity index (χ0) is 19.3. The van der Waals surface area contributed by atoms with Crippen molar-refractivity contribution in [3.05, 3.63) is 72.3 Å². The zero-order valence-corrected chi connectivity index (χ0v) is 16.1. The molecule has 0 atom stereocenters. The lowest BCUT2D eigenvalue weighted by molar-refractivity contribution is 0.122. The summed E-state index contributed by atoms with van der Waals surface area (Å²) in [5.41, 5.74) is 3.14. The maximum atomic E-state index is 12.7. The number of hydrogen-bond donors (Lipinski definition) is 1. The standard InChI is InChI=1S/C23H25N3O2/c1-25(17-18-9-11-20(12-10-18)26-13-15-28-16-14-26)23(27)24-22-8-4-6-19-5-2-3-7-21(19)22/h2-12H,13-17H2,1H3,(H,24,27). The van der Waals surface area contributed by atoms with Crippen LogP contribution in [0.5, 0.6) is 0 Å². The second kappa shape index (κ2) is 8.31. The Kier molecular flexibility index (Phi) is 5.44. The number of amides is 2. The van der Waals surface area contributed by atoms with Gasteiger partial charge >= 0.3 is 6.03 Å². The molecule has 1 N–H and O–H groups in total. The Bertz CT molecular complexity index is 944. The van der Waals surface area contributed by atoms with Gasteiger partial charge in [0, 0.05) is 37.8 Å². The van der Waals surface area contributed by atoms with Crippen molar-refractivity contribution < 1.29 is 9.53 Å². The number of morpholine rings is 1. The molecule has 3 aromatic rings. The molecule has 0 bridgehead atoms. The Labute approximate surface area is 165 Å². The van der Waals surface area contributed by atoms with E-state index >= 15 is 0 Å². The van der Waals surface area contributed by atoms with Crippen LogP contribution in [0, 0.1) is 0 Å². The Balaban J connectivity index is 1.40. The topological polar surface area (TPSA) is 44.8 Å². The molecule has 0 aromatic heterocycles. The number of urea groups is 1. The van der Waals surface area contributed by atoms with Crippen LogP contribution in [0.3, 0.4) is 0 Å². The lowest BCUT2D eigenvalue weighted by atomic mass is 10.1. The molecule has 3 aromatic carbocycles. The molecule has 5 nitrogen and oxygen atoms in total. The van der Waals surface area contributed by atoms with Crippen LogP contribution < -0.4 is 10.2 Å². The van der Waals surface area contributed by atoms with Gasteiger partial charge in [0.25, 0.3) is 0 Å². The molecule has 0 saturated carbocycles. The van der Waals surface area contributed by atoms with E-state index in [0.717, 1.165) is 48.3 Å². The van der Waals surface area contributed by atoms with Gasteiger partial charge in [0.1, 0.15) is 0 Å². The first kappa shape index (κ1) is 18.3. The molecule has 0 aliphatic carbocycles. The molecule has 0 radical (unpaired) electrons. The molecule has 1 aliphatic heterocycles. The van der Waals surface area contributed by atoms with Gasteiger partial charge in [0.05, 0.1) is 18.9 Å². The first-order chi connectivity index (χ1) is 13.7. The van der Waals surface area contributed by atoms with Crippen molar-refractivity contribution in [2.75, 3.05) is 43.6 Å². The Morgan fingerprint density at radius 3 is 2.50 bits per heavy atom. The smallest absolute Gasteiger partial charge is 0.321 e. The third-order valence-electron chi connectivity index (χ3n) is 5.11. The minimum atomic E-state index is -0.117. The number of rotatable bonds is 4. The monoisotopic (exact) mass is 375 g/mol. The molecule has 4 rings (SSSR count). The van der Waals surface area contributed by atoms with Crippen molar-refractivity contribution in [2.24, 2.45) is 0 Å². The van der Waals surface area contributed by atoms with Gasteiger partial charge in [-0.1, -0.05) is 48.5 Å². The van der Waals surface area contributed by atoms with Gasteiger partial charge in [0.15, 0.2) is 0 Å². The zero-order valence-electron chi connectivity index (χ0n) is 16.1. The van der Waals surface area contributed by atoms with Crippen molar-refractivity contribution in [1.29, 1.82) is 0 Å². The normalized spacial score (nSPS) is 14.1. The molecule has 1 fully saturated rings. The van der Waals surface area contributed by atoms with Crippen molar-refractivity contribution in [1.82, 2.24) is 4.90 Å². The van der Waals surface area contributed by atoms with Crippen LogP contribution in [0.1, 0.15) is 5.56 Å². The van der Waals surface area contributed by atoms with Gasteiger partial charge in [0.2, 0.25) is 0 Å². The third kappa shape index (κ3) is 4.10. The SMILES string of the molecule is CN(Cc1ccc(N2CCOCC2)cc1)C(=O)Nc1cccc2ccccc12. The van der Waals surface area contributed by atoms with Crippen LogP contribution in [0.4, 0.5) is 16.2 Å². The summed E-state index contributed by atoms with van der Waals surface area (Å²) < 4.78 is 5.41. The number of nitrogens with one attached hydrogen (secondary N) is 1. The van der Waals surface area contributed by atoms with Crippen LogP contribution in [0.2, 0.25) is 0 Å². The van der Waals surface area contributed by atoms with Crippen molar-refractivity contribution in [3.8, 4) is 0 Å². The highest BCUT2D eigenvalue weighted by atomic mass is 16.5. The number of benzene rings is 3. The van der Waals surface area contributed by atoms with E-state index in [1.807, 2.05) is 49.5 Å². The summed E-state index contributed by atoms with van der Waals surface area (Å²) in [5.74, 6) is 0. The second-order valence-corrected chi connectivity index (χ2v) is 7.08. The summed E-state index contributed by atoms with van der Waals surface area (Å²) in [5, 5.41) is 5.19. The summed E-state index contributed by atoms with van der Waals surface area (Å²) in [6.45, 7) is 3.96. The van der Waals surface area contributed by atoms with E-state index < -0.39 is 0 Å². The second-order valence-electron chi connectivity index (χ2n) is 7.08. The summed E-state index contributed by atoms with van der Waals surface area (Å²) in [6, 6.07) is 22.3. The van der Waals surface area contributed by atoms with Gasteiger partial charge < -0.3 is 19.9 Å². The lowest BCUT2D eigenvalue weighted by Gasteiger charge is -2.29. The average Bonchev–Trinajstić information content (AvgIpc) is 2.75. The first-order valence-electron chi connectivity index (χ1n) is 9.62. The van der Waals surface area contributed by atoms with Gasteiger partial charge in [-0.25, -0.2) is 4.79 Å². The molecular weight excluding hydrogens is 350 g/mol. The summed E-state index contributed by atoms with van der Waals surface area (Å²) in [7, 11) is 1.82. The van der Waals surface area contributed by atoms with Gasteiger partial charge in [-0.2, -0.15) is 0 Å². The molecule has 1 aliphatic rings. The fraction of sp³-hybridized carbons (Fsp3) is 0.261. The Hall–Kier alpha value is -3.05. The quantitative estimate of drug-likeness (QED) is 0.738. The van der Waals surface area contributed by atoms with Crippen molar-refractivity contribution in [2.45, 2.75) is 6.54 Å². The fourth-order valence-electron chi connectivity index (χ4n) is 3.52. The molecule has 0 unspecified atom stereocenters. The summed E-state index contributed by atoms with van der Waals surface area (Å²) in [6.07, 6.45) is 0. The number of ether oxygens (including phenoxy) is 1. The number of carbonyl (C=O) groups excluding carboxylic acids is 1. The molecule has 5 heteroatoms. The molecular formula is C23H25N3O2. The lowest BCUT2D eigenvalue weighted by Crippen LogP contribution is -2.36. The maximum absolute atomic E-state index is 12.7. The highest BCUT2D eigenvalue weighted by Crippen LogP contribution is 2.23. The summed E-state index contributed by atoms with van der Waals surface area (Å²) in [4.78, 5) is 16.7. The fourth-order valence-corrected chi connectivity index (χ4v) is 3.52. The highest BCUT2D eigenvalue weighted by molar-refractivity contribution is 6.01. The van der Waals surface area contributed by atoms with E-state index in [1.165, 1.54) is 5.69 Å². The summed E-state index contributed by atoms with van der Waals surface area (Å²) >= 11 is 0. The van der Waals surface area contributed by atoms with E-state index in [2.05, 4.69) is 34.5 Å². The van der Waals surface area contributed by atoms with E-state index in [9.17, 15) is 4.79 Å². The highest BCUT2D eigenvalue weighted by Gasteiger charge is 2.13. The Morgan fingerprint density at radius 1 is 1.00 bits per heavy atom. The van der Waals surface area contributed by atoms with E-state index in [-0.39, 0.29) is 6.03 Å². The number of carbonyl (C=O) groups is 1. The molecule has 2 amide bonds. The van der Waals surface area contributed by atoms with Gasteiger partial charge in [-0.05, 0) is 29.1 Å². The maximum Gasteiger partial charge on any atom is 0.321 e. The number of fused-ring (bicyclic) bond motifs is 1. The number of nitrogens with zero attached hydrogens (tertiary/aromatic N) is 2. The minimum Gasteiger partial charge on any atom is -0.378 e. The first-order valence-corrected chi connectivity index (χ1v) is 9.62. The van der Waals surface area contributed by atoms with Crippen LogP contribution in [0.25, 0.3) is 10.8 Å². The van der Waals surface area contributed by atoms with E-state index in [1.54, 1.807) is 4.90 Å². The average molecular weight is 375 g/mol. The van der Waals surface area contributed by atoms with Gasteiger partial charge in [-0.3, -0.25) is 0 Å². The number of hydrogen-bond acceptors (Lipinski definition) is 3. The largest absolute Gasteiger partial charge is 0.378 e. The number of anilines is 2. The third-order valence-corrected chi connectivity index (χ3v) is 5.11. The van der Waals surface area contributed by atoms with Gasteiger partial charge in [-0.15, -0.1) is 0 Å². The van der Waals surface area contributed by atoms with E-state index in [4.69, 9.17) is 4.74 Å². The molecule has 28 heavy (non-hydrogen) atoms. The Morgan fingerprint density at radius 2 is 1.71 bits per heavy atom. The molecule has 0 spiro atoms. The van der Waals surface area contributed by atoms with Crippen molar-refractivity contribution in [3.63, 3.8) is 0 Å². The van der Waals surface area contributed by atoms with Crippen molar-refractivity contribution >= 4 is 28.2 Å². The molecule has 1 heterocycles. The predicted molar refractivity (Wildman–Crippen MR) is 114 cm³/mol. The van der Waals surface area contributed by atoms with Crippen LogP contribution in [-0.2, 0) is 11.3 Å².